The Labute approximate surface area is 135 Å². The summed E-state index contributed by atoms with van der Waals surface area (Å²) in [5.41, 5.74) is 0. The predicted octanol–water partition coefficient (Wildman–Crippen LogP) is 0.730. The quantitative estimate of drug-likeness (QED) is 0.772. The van der Waals surface area contributed by atoms with Crippen molar-refractivity contribution < 1.29 is 17.9 Å². The van der Waals surface area contributed by atoms with E-state index in [1.165, 1.54) is 7.05 Å². The van der Waals surface area contributed by atoms with Gasteiger partial charge in [0.1, 0.15) is 12.4 Å². The Morgan fingerprint density at radius 1 is 1.36 bits per heavy atom. The van der Waals surface area contributed by atoms with Gasteiger partial charge in [0.2, 0.25) is 15.9 Å². The van der Waals surface area contributed by atoms with Crippen molar-refractivity contribution in [3.63, 3.8) is 0 Å². The molecule has 0 atom stereocenters. The molecule has 0 saturated carbocycles. The van der Waals surface area contributed by atoms with Crippen LogP contribution >= 0.6 is 11.6 Å². The third-order valence-electron chi connectivity index (χ3n) is 2.57. The van der Waals surface area contributed by atoms with Gasteiger partial charge in [-0.15, -0.1) is 0 Å². The molecule has 0 aromatic heterocycles. The lowest BCUT2D eigenvalue weighted by molar-refractivity contribution is -0.120. The Morgan fingerprint density at radius 2 is 2.05 bits per heavy atom. The van der Waals surface area contributed by atoms with Gasteiger partial charge >= 0.3 is 0 Å². The highest BCUT2D eigenvalue weighted by Crippen LogP contribution is 2.22. The highest BCUT2D eigenvalue weighted by atomic mass is 35.5. The second-order valence-corrected chi connectivity index (χ2v) is 6.87. The SMILES string of the molecule is CN(CC(=O)NCC#CCOc1ccccc1Cl)S(C)(=O)=O. The average molecular weight is 345 g/mol. The molecule has 22 heavy (non-hydrogen) atoms. The molecule has 6 nitrogen and oxygen atoms in total. The van der Waals surface area contributed by atoms with Crippen LogP contribution in [0.5, 0.6) is 5.75 Å². The molecule has 0 fully saturated rings. The van der Waals surface area contributed by atoms with Gasteiger partial charge in [-0.05, 0) is 12.1 Å². The van der Waals surface area contributed by atoms with Gasteiger partial charge < -0.3 is 10.1 Å². The van der Waals surface area contributed by atoms with Gasteiger partial charge in [-0.3, -0.25) is 4.79 Å². The van der Waals surface area contributed by atoms with Crippen molar-refractivity contribution in [2.75, 3.05) is 33.0 Å². The summed E-state index contributed by atoms with van der Waals surface area (Å²) in [6.07, 6.45) is 1.03. The topological polar surface area (TPSA) is 75.7 Å². The van der Waals surface area contributed by atoms with Gasteiger partial charge in [0.15, 0.2) is 0 Å². The van der Waals surface area contributed by atoms with Crippen LogP contribution < -0.4 is 10.1 Å². The number of ether oxygens (including phenoxy) is 1. The third kappa shape index (κ3) is 6.80. The Kier molecular flexibility index (Phi) is 7.18. The summed E-state index contributed by atoms with van der Waals surface area (Å²) in [7, 11) is -2.04. The number of hydrogen-bond acceptors (Lipinski definition) is 4. The van der Waals surface area contributed by atoms with E-state index in [9.17, 15) is 13.2 Å². The van der Waals surface area contributed by atoms with Gasteiger partial charge in [-0.2, -0.15) is 4.31 Å². The number of benzene rings is 1. The summed E-state index contributed by atoms with van der Waals surface area (Å²) in [5.74, 6) is 5.54. The lowest BCUT2D eigenvalue weighted by Gasteiger charge is -2.12. The molecule has 0 unspecified atom stereocenters. The van der Waals surface area contributed by atoms with Gasteiger partial charge in [0, 0.05) is 7.05 Å². The fraction of sp³-hybridized carbons (Fsp3) is 0.357. The minimum absolute atomic E-state index is 0.113. The maximum Gasteiger partial charge on any atom is 0.236 e. The zero-order valence-corrected chi connectivity index (χ0v) is 13.9. The van der Waals surface area contributed by atoms with Crippen molar-refractivity contribution >= 4 is 27.5 Å². The van der Waals surface area contributed by atoms with Crippen molar-refractivity contribution in [2.45, 2.75) is 0 Å². The molecule has 120 valence electrons. The van der Waals surface area contributed by atoms with Crippen LogP contribution in [0, 0.1) is 11.8 Å². The number of nitrogens with one attached hydrogen (secondary N) is 1. The first kappa shape index (κ1) is 18.3. The zero-order valence-electron chi connectivity index (χ0n) is 12.3. The molecule has 1 amide bonds. The summed E-state index contributed by atoms with van der Waals surface area (Å²) in [6, 6.07) is 7.03. The second-order valence-electron chi connectivity index (χ2n) is 4.37. The highest BCUT2D eigenvalue weighted by molar-refractivity contribution is 7.88. The standard InChI is InChI=1S/C14H17ClN2O4S/c1-17(22(2,19)20)11-14(18)16-9-5-6-10-21-13-8-4-3-7-12(13)15/h3-4,7-8H,9-11H2,1-2H3,(H,16,18). The van der Waals surface area contributed by atoms with Crippen LogP contribution in [0.1, 0.15) is 0 Å². The molecule has 0 bridgehead atoms. The maximum absolute atomic E-state index is 11.5. The van der Waals surface area contributed by atoms with Crippen molar-refractivity contribution in [3.8, 4) is 17.6 Å². The van der Waals surface area contributed by atoms with Gasteiger partial charge in [-0.25, -0.2) is 8.42 Å². The van der Waals surface area contributed by atoms with Crippen molar-refractivity contribution in [1.29, 1.82) is 0 Å². The molecule has 0 saturated heterocycles. The van der Waals surface area contributed by atoms with Crippen LogP contribution in [0.25, 0.3) is 0 Å². The first-order valence-corrected chi connectivity index (χ1v) is 8.54. The van der Waals surface area contributed by atoms with E-state index in [0.29, 0.717) is 10.8 Å². The van der Waals surface area contributed by atoms with E-state index in [1.807, 2.05) is 0 Å². The van der Waals surface area contributed by atoms with Crippen LogP contribution in [0.2, 0.25) is 5.02 Å². The predicted molar refractivity (Wildman–Crippen MR) is 85.2 cm³/mol. The Balaban J connectivity index is 2.28. The number of sulfonamides is 1. The summed E-state index contributed by atoms with van der Waals surface area (Å²) < 4.78 is 28.6. The molecule has 0 radical (unpaired) electrons. The fourth-order valence-corrected chi connectivity index (χ4v) is 1.85. The van der Waals surface area contributed by atoms with Crippen LogP contribution in [0.15, 0.2) is 24.3 Å². The van der Waals surface area contributed by atoms with Gasteiger partial charge in [-0.1, -0.05) is 35.6 Å². The molecule has 1 aromatic carbocycles. The van der Waals surface area contributed by atoms with Crippen LogP contribution in [-0.2, 0) is 14.8 Å². The molecule has 1 N–H and O–H groups in total. The number of rotatable bonds is 6. The van der Waals surface area contributed by atoms with E-state index >= 15 is 0 Å². The average Bonchev–Trinajstić information content (AvgIpc) is 2.43. The second kappa shape index (κ2) is 8.63. The number of carbonyl (C=O) groups excluding carboxylic acids is 1. The molecule has 1 aromatic rings. The van der Waals surface area contributed by atoms with Crippen LogP contribution in [0.4, 0.5) is 0 Å². The Morgan fingerprint density at radius 3 is 2.68 bits per heavy atom. The fourth-order valence-electron chi connectivity index (χ4n) is 1.31. The summed E-state index contributed by atoms with van der Waals surface area (Å²) in [5, 5.41) is 3.00. The number of para-hydroxylation sites is 1. The first-order valence-electron chi connectivity index (χ1n) is 6.32. The van der Waals surface area contributed by atoms with E-state index in [0.717, 1.165) is 10.6 Å². The van der Waals surface area contributed by atoms with Gasteiger partial charge in [0.05, 0.1) is 24.4 Å². The van der Waals surface area contributed by atoms with E-state index < -0.39 is 15.9 Å². The van der Waals surface area contributed by atoms with Crippen LogP contribution in [-0.4, -0.2) is 51.6 Å². The number of likely N-dealkylation sites (N-methyl/N-ethyl adjacent to an activating group) is 1. The Bertz CT molecular complexity index is 680. The molecule has 1 rings (SSSR count). The maximum atomic E-state index is 11.5. The van der Waals surface area contributed by atoms with E-state index in [-0.39, 0.29) is 19.7 Å². The molecule has 0 aliphatic carbocycles. The first-order chi connectivity index (χ1) is 10.3. The largest absolute Gasteiger partial charge is 0.479 e. The van der Waals surface area contributed by atoms with E-state index in [2.05, 4.69) is 17.2 Å². The number of hydrogen-bond donors (Lipinski definition) is 1. The molecule has 0 aliphatic rings. The number of carbonyl (C=O) groups is 1. The summed E-state index contributed by atoms with van der Waals surface area (Å²) in [4.78, 5) is 11.5. The van der Waals surface area contributed by atoms with E-state index in [4.69, 9.17) is 16.3 Å². The lowest BCUT2D eigenvalue weighted by Crippen LogP contribution is -2.37. The number of amides is 1. The van der Waals surface area contributed by atoms with Gasteiger partial charge in [0.25, 0.3) is 0 Å². The van der Waals surface area contributed by atoms with Crippen molar-refractivity contribution in [2.24, 2.45) is 0 Å². The molecule has 0 aliphatic heterocycles. The molecule has 8 heteroatoms. The lowest BCUT2D eigenvalue weighted by atomic mass is 10.3. The zero-order chi connectivity index (χ0) is 16.6. The Hall–Kier alpha value is -1.75. The molecular formula is C14H17ClN2O4S. The monoisotopic (exact) mass is 344 g/mol. The van der Waals surface area contributed by atoms with E-state index in [1.54, 1.807) is 24.3 Å². The van der Waals surface area contributed by atoms with Crippen molar-refractivity contribution in [1.82, 2.24) is 9.62 Å². The summed E-state index contributed by atoms with van der Waals surface area (Å²) >= 11 is 5.91. The smallest absolute Gasteiger partial charge is 0.236 e. The highest BCUT2D eigenvalue weighted by Gasteiger charge is 2.14. The number of halogens is 1. The number of nitrogens with zero attached hydrogens (tertiary/aromatic N) is 1. The molecule has 0 spiro atoms. The minimum atomic E-state index is -3.37. The minimum Gasteiger partial charge on any atom is -0.479 e. The molecular weight excluding hydrogens is 328 g/mol. The molecule has 0 heterocycles. The normalized spacial score (nSPS) is 10.7. The third-order valence-corrected chi connectivity index (χ3v) is 4.14. The van der Waals surface area contributed by atoms with Crippen LogP contribution in [0.3, 0.4) is 0 Å². The summed E-state index contributed by atoms with van der Waals surface area (Å²) in [6.45, 7) is 0.0157. The van der Waals surface area contributed by atoms with Crippen molar-refractivity contribution in [3.05, 3.63) is 29.3 Å².